The van der Waals surface area contributed by atoms with Crippen LogP contribution in [-0.2, 0) is 19.2 Å². The van der Waals surface area contributed by atoms with Gasteiger partial charge in [0, 0.05) is 25.3 Å². The fourth-order valence-electron chi connectivity index (χ4n) is 3.80. The summed E-state index contributed by atoms with van der Waals surface area (Å²) in [4.78, 5) is 41.7. The van der Waals surface area contributed by atoms with Gasteiger partial charge < -0.3 is 43.4 Å². The lowest BCUT2D eigenvalue weighted by Crippen LogP contribution is -2.35. The van der Waals surface area contributed by atoms with Gasteiger partial charge in [-0.15, -0.1) is 0 Å². The zero-order chi connectivity index (χ0) is 31.0. The first-order valence-corrected chi connectivity index (χ1v) is 14.8. The predicted octanol–water partition coefficient (Wildman–Crippen LogP) is 3.53. The fraction of sp³-hybridized carbons (Fsp3) is 0.857. The average Bonchev–Trinajstić information content (AvgIpc) is 2.88. The molecule has 0 radical (unpaired) electrons. The van der Waals surface area contributed by atoms with E-state index in [1.54, 1.807) is 0 Å². The van der Waals surface area contributed by atoms with Crippen molar-refractivity contribution in [3.63, 3.8) is 0 Å². The molecule has 0 aliphatic rings. The third-order valence-electron chi connectivity index (χ3n) is 6.17. The van der Waals surface area contributed by atoms with Gasteiger partial charge in [0.2, 0.25) is 0 Å². The summed E-state index contributed by atoms with van der Waals surface area (Å²) in [6.07, 6.45) is 14.7. The maximum absolute atomic E-state index is 11.1. The summed E-state index contributed by atoms with van der Waals surface area (Å²) in [5, 5.41) is 34.3. The largest absolute Gasteiger partial charge is 0.481 e. The maximum atomic E-state index is 11.1. The summed E-state index contributed by atoms with van der Waals surface area (Å²) in [7, 11) is 0. The molecule has 0 bridgehead atoms. The van der Waals surface area contributed by atoms with Gasteiger partial charge in [-0.05, 0) is 71.0 Å². The van der Waals surface area contributed by atoms with Crippen LogP contribution >= 0.6 is 0 Å². The molecule has 0 aliphatic carbocycles. The standard InChI is InChI=1S/C12H24N2O4.C10H18O4.C6H16N2/c13-8-3-1-2-6-10(14)9(12(17)18)5-4-7-11(15)16;11-9(12)7-5-3-1-2-4-6-8-10(13)14;7-5-3-1-2-4-6-8/h9-10H,1-8,13-14H2,(H,15,16)(H,17,18);1-8H2,(H,11,12)(H,13,14);1-8H2. The van der Waals surface area contributed by atoms with Gasteiger partial charge in [0.1, 0.15) is 0 Å². The molecule has 238 valence electrons. The van der Waals surface area contributed by atoms with Gasteiger partial charge in [0.25, 0.3) is 0 Å². The lowest BCUT2D eigenvalue weighted by molar-refractivity contribution is -0.144. The molecule has 2 atom stereocenters. The molecular weight excluding hydrogens is 520 g/mol. The molecule has 2 unspecified atom stereocenters. The molecule has 0 saturated carbocycles. The maximum Gasteiger partial charge on any atom is 0.308 e. The Balaban J connectivity index is -0.000000552. The van der Waals surface area contributed by atoms with Crippen molar-refractivity contribution in [2.45, 2.75) is 128 Å². The Labute approximate surface area is 240 Å². The van der Waals surface area contributed by atoms with Gasteiger partial charge in [-0.25, -0.2) is 0 Å². The third kappa shape index (κ3) is 37.9. The zero-order valence-electron chi connectivity index (χ0n) is 24.4. The average molecular weight is 579 g/mol. The Hall–Kier alpha value is -2.28. The number of hydrogen-bond acceptors (Lipinski definition) is 8. The van der Waals surface area contributed by atoms with Crippen molar-refractivity contribution >= 4 is 23.9 Å². The van der Waals surface area contributed by atoms with Crippen LogP contribution in [-0.4, -0.2) is 70.0 Å². The number of hydrogen-bond donors (Lipinski definition) is 8. The number of rotatable bonds is 25. The predicted molar refractivity (Wildman–Crippen MR) is 157 cm³/mol. The summed E-state index contributed by atoms with van der Waals surface area (Å²) >= 11 is 0. The topological polar surface area (TPSA) is 253 Å². The molecule has 0 aromatic rings. The van der Waals surface area contributed by atoms with Crippen LogP contribution in [0.5, 0.6) is 0 Å². The van der Waals surface area contributed by atoms with Gasteiger partial charge in [-0.2, -0.15) is 0 Å². The van der Waals surface area contributed by atoms with Crippen molar-refractivity contribution in [2.24, 2.45) is 28.9 Å². The van der Waals surface area contributed by atoms with Crippen LogP contribution < -0.4 is 22.9 Å². The van der Waals surface area contributed by atoms with Gasteiger partial charge in [0.05, 0.1) is 5.92 Å². The second-order valence-corrected chi connectivity index (χ2v) is 9.93. The lowest BCUT2D eigenvalue weighted by atomic mass is 9.91. The summed E-state index contributed by atoms with van der Waals surface area (Å²) in [6, 6.07) is -0.408. The first kappa shape index (κ1) is 42.2. The number of unbranched alkanes of at least 4 members (excludes halogenated alkanes) is 10. The molecule has 0 fully saturated rings. The first-order chi connectivity index (χ1) is 19.0. The minimum Gasteiger partial charge on any atom is -0.481 e. The highest BCUT2D eigenvalue weighted by molar-refractivity contribution is 5.71. The molecule has 0 aromatic heterocycles. The van der Waals surface area contributed by atoms with Gasteiger partial charge in [0.15, 0.2) is 0 Å². The number of carboxylic acid groups (broad SMARTS) is 4. The van der Waals surface area contributed by atoms with Crippen LogP contribution in [0.25, 0.3) is 0 Å². The fourth-order valence-corrected chi connectivity index (χ4v) is 3.80. The Morgan fingerprint density at radius 3 is 1.12 bits per heavy atom. The van der Waals surface area contributed by atoms with Crippen LogP contribution in [0.2, 0.25) is 0 Å². The van der Waals surface area contributed by atoms with E-state index in [0.717, 1.165) is 83.7 Å². The number of nitrogens with two attached hydrogens (primary N) is 4. The van der Waals surface area contributed by atoms with Gasteiger partial charge >= 0.3 is 23.9 Å². The van der Waals surface area contributed by atoms with E-state index >= 15 is 0 Å². The molecule has 12 N–H and O–H groups in total. The molecule has 0 rings (SSSR count). The Bertz CT molecular complexity index is 597. The van der Waals surface area contributed by atoms with Crippen LogP contribution in [0.15, 0.2) is 0 Å². The molecule has 0 heterocycles. The van der Waals surface area contributed by atoms with Crippen molar-refractivity contribution < 1.29 is 39.6 Å². The van der Waals surface area contributed by atoms with E-state index in [2.05, 4.69) is 0 Å². The minimum atomic E-state index is -0.938. The summed E-state index contributed by atoms with van der Waals surface area (Å²) in [5.74, 6) is -3.98. The monoisotopic (exact) mass is 578 g/mol. The van der Waals surface area contributed by atoms with E-state index in [1.807, 2.05) is 0 Å². The smallest absolute Gasteiger partial charge is 0.308 e. The van der Waals surface area contributed by atoms with Crippen LogP contribution in [0.4, 0.5) is 0 Å². The second kappa shape index (κ2) is 32.9. The quantitative estimate of drug-likeness (QED) is 0.0724. The number of aliphatic carboxylic acids is 4. The Morgan fingerprint density at radius 2 is 0.775 bits per heavy atom. The van der Waals surface area contributed by atoms with E-state index in [4.69, 9.17) is 43.4 Å². The SMILES string of the molecule is NCCCCCC(N)C(CCCC(=O)O)C(=O)O.NCCCCCCN.O=C(O)CCCCCCCCC(=O)O. The van der Waals surface area contributed by atoms with E-state index in [1.165, 1.54) is 12.8 Å². The zero-order valence-corrected chi connectivity index (χ0v) is 24.4. The highest BCUT2D eigenvalue weighted by Crippen LogP contribution is 2.17. The number of carboxylic acids is 4. The summed E-state index contributed by atoms with van der Waals surface area (Å²) in [6.45, 7) is 2.28. The summed E-state index contributed by atoms with van der Waals surface area (Å²) in [5.41, 5.74) is 21.8. The Morgan fingerprint density at radius 1 is 0.450 bits per heavy atom. The molecule has 12 heteroatoms. The minimum absolute atomic E-state index is 0.0102. The van der Waals surface area contributed by atoms with Gasteiger partial charge in [-0.3, -0.25) is 19.2 Å². The number of carbonyl (C=O) groups is 4. The molecule has 0 amide bonds. The van der Waals surface area contributed by atoms with Crippen LogP contribution in [0.3, 0.4) is 0 Å². The van der Waals surface area contributed by atoms with E-state index in [9.17, 15) is 19.2 Å². The molecule has 40 heavy (non-hydrogen) atoms. The van der Waals surface area contributed by atoms with E-state index in [-0.39, 0.29) is 19.3 Å². The van der Waals surface area contributed by atoms with Gasteiger partial charge in [-0.1, -0.05) is 51.4 Å². The highest BCUT2D eigenvalue weighted by Gasteiger charge is 2.24. The second-order valence-electron chi connectivity index (χ2n) is 9.93. The van der Waals surface area contributed by atoms with Crippen LogP contribution in [0, 0.1) is 5.92 Å². The van der Waals surface area contributed by atoms with E-state index in [0.29, 0.717) is 25.8 Å². The molecule has 0 aromatic carbocycles. The van der Waals surface area contributed by atoms with Crippen LogP contribution in [0.1, 0.15) is 122 Å². The lowest BCUT2D eigenvalue weighted by Gasteiger charge is -2.19. The molecule has 12 nitrogen and oxygen atoms in total. The van der Waals surface area contributed by atoms with Crippen molar-refractivity contribution in [3.8, 4) is 0 Å². The third-order valence-corrected chi connectivity index (χ3v) is 6.17. The normalized spacial score (nSPS) is 11.8. The van der Waals surface area contributed by atoms with Crippen molar-refractivity contribution in [1.29, 1.82) is 0 Å². The van der Waals surface area contributed by atoms with E-state index < -0.39 is 35.8 Å². The molecule has 0 aliphatic heterocycles. The molecule has 0 saturated heterocycles. The highest BCUT2D eigenvalue weighted by atomic mass is 16.4. The molecular formula is C28H58N4O8. The first-order valence-electron chi connectivity index (χ1n) is 14.8. The van der Waals surface area contributed by atoms with Crippen molar-refractivity contribution in [1.82, 2.24) is 0 Å². The molecule has 0 spiro atoms. The summed E-state index contributed by atoms with van der Waals surface area (Å²) < 4.78 is 0. The van der Waals surface area contributed by atoms with Crippen molar-refractivity contribution in [2.75, 3.05) is 19.6 Å². The Kier molecular flexibility index (Phi) is 34.7. The van der Waals surface area contributed by atoms with Crippen molar-refractivity contribution in [3.05, 3.63) is 0 Å².